The number of amides is 4. The normalized spacial score (nSPS) is 20.1. The summed E-state index contributed by atoms with van der Waals surface area (Å²) in [6.07, 6.45) is 5.87. The Bertz CT molecular complexity index is 2260. The maximum absolute atomic E-state index is 14.6. The molecule has 4 aromatic rings. The number of nitrogens with zero attached hydrogens (tertiary/aromatic N) is 1. The van der Waals surface area contributed by atoms with Crippen molar-refractivity contribution in [2.45, 2.75) is 128 Å². The van der Waals surface area contributed by atoms with Crippen LogP contribution in [0, 0.1) is 0 Å². The number of piperidine rings is 1. The molecule has 4 amide bonds. The Morgan fingerprint density at radius 3 is 1.75 bits per heavy atom. The standard InChI is InChI=1S/C54H68N4O8Si/c1-7-64-41-31-27-39(28-32-41)36-46-51(61)57-47(37-40-29-33-42(34-30-40)65-8-2)53(63)58-35-19-18-25-48(58)52(62)55-45(50(60)56-46)24-16-11-17-26-49(59)38(3)66-67(54(4,5)6,43-20-12-9-13-21-43)44-22-14-10-15-23-44/h9-10,12-15,17,20-23,26-34,38,45-48H,7-8,11,16,18-19,24-25,35-37H2,1-6H3,(H,55,62)(H,56,60)(H,57,61)/b26-17+/t38-,45-,46-,47-,48+/m0/s1. The van der Waals surface area contributed by atoms with Crippen molar-refractivity contribution in [3.63, 3.8) is 0 Å². The van der Waals surface area contributed by atoms with Crippen LogP contribution in [0.4, 0.5) is 0 Å². The molecule has 0 spiro atoms. The van der Waals surface area contributed by atoms with Gasteiger partial charge in [-0.05, 0) is 116 Å². The third-order valence-electron chi connectivity index (χ3n) is 12.6. The molecule has 0 aliphatic carbocycles. The van der Waals surface area contributed by atoms with E-state index in [4.69, 9.17) is 13.9 Å². The molecular weight excluding hydrogens is 861 g/mol. The number of hydrogen-bond acceptors (Lipinski definition) is 8. The molecule has 0 radical (unpaired) electrons. The van der Waals surface area contributed by atoms with Gasteiger partial charge in [0.1, 0.15) is 41.8 Å². The van der Waals surface area contributed by atoms with Crippen molar-refractivity contribution in [3.05, 3.63) is 132 Å². The Balaban J connectivity index is 1.20. The van der Waals surface area contributed by atoms with Crippen molar-refractivity contribution >= 4 is 48.1 Å². The summed E-state index contributed by atoms with van der Waals surface area (Å²) in [5.41, 5.74) is 1.57. The summed E-state index contributed by atoms with van der Waals surface area (Å²) in [6, 6.07) is 31.2. The van der Waals surface area contributed by atoms with Crippen molar-refractivity contribution in [3.8, 4) is 11.5 Å². The second kappa shape index (κ2) is 23.6. The SMILES string of the molecule is CCOc1ccc(C[C@@H]2NC(=O)[C@H](CCC/C=C/C(=O)[C@H](C)O[Si](c3ccccc3)(c3ccccc3)C(C)(C)C)NC(=O)[C@H]3CCCCN3C(=O)[C@H](Cc3ccc(OCC)cc3)NC2=O)cc1. The Labute approximate surface area is 397 Å². The van der Waals surface area contributed by atoms with Crippen LogP contribution in [0.5, 0.6) is 11.5 Å². The summed E-state index contributed by atoms with van der Waals surface area (Å²) in [6.45, 7) is 13.5. The van der Waals surface area contributed by atoms with Crippen molar-refractivity contribution in [1.29, 1.82) is 0 Å². The van der Waals surface area contributed by atoms with Gasteiger partial charge in [0.25, 0.3) is 8.32 Å². The molecule has 2 aliphatic heterocycles. The molecule has 5 atom stereocenters. The van der Waals surface area contributed by atoms with Crippen LogP contribution in [0.2, 0.25) is 5.04 Å². The molecule has 67 heavy (non-hydrogen) atoms. The number of hydrogen-bond donors (Lipinski definition) is 3. The van der Waals surface area contributed by atoms with Gasteiger partial charge in [-0.15, -0.1) is 0 Å². The quantitative estimate of drug-likeness (QED) is 0.0591. The maximum atomic E-state index is 14.6. The second-order valence-corrected chi connectivity index (χ2v) is 22.7. The smallest absolute Gasteiger partial charge is 0.262 e. The van der Waals surface area contributed by atoms with Crippen molar-refractivity contribution < 1.29 is 37.9 Å². The Morgan fingerprint density at radius 2 is 1.21 bits per heavy atom. The largest absolute Gasteiger partial charge is 0.494 e. The van der Waals surface area contributed by atoms with E-state index in [1.807, 2.05) is 98.8 Å². The Morgan fingerprint density at radius 1 is 0.701 bits per heavy atom. The summed E-state index contributed by atoms with van der Waals surface area (Å²) >= 11 is 0. The summed E-state index contributed by atoms with van der Waals surface area (Å²) in [5, 5.41) is 10.8. The van der Waals surface area contributed by atoms with Crippen LogP contribution in [0.15, 0.2) is 121 Å². The first-order valence-corrected chi connectivity index (χ1v) is 25.8. The van der Waals surface area contributed by atoms with Crippen molar-refractivity contribution in [2.75, 3.05) is 19.8 Å². The van der Waals surface area contributed by atoms with Gasteiger partial charge in [0, 0.05) is 19.4 Å². The van der Waals surface area contributed by atoms with Gasteiger partial charge in [-0.2, -0.15) is 0 Å². The third-order valence-corrected chi connectivity index (χ3v) is 17.7. The zero-order valence-electron chi connectivity index (χ0n) is 39.9. The molecule has 3 N–H and O–H groups in total. The number of fused-ring (bicyclic) bond motifs is 1. The molecular formula is C54H68N4O8Si. The average Bonchev–Trinajstić information content (AvgIpc) is 3.33. The lowest BCUT2D eigenvalue weighted by Gasteiger charge is -2.44. The van der Waals surface area contributed by atoms with Crippen LogP contribution in [0.25, 0.3) is 0 Å². The number of allylic oxidation sites excluding steroid dienone is 1. The van der Waals surface area contributed by atoms with Crippen LogP contribution in [-0.2, 0) is 41.2 Å². The highest BCUT2D eigenvalue weighted by Gasteiger charge is 2.51. The van der Waals surface area contributed by atoms with Crippen LogP contribution in [0.1, 0.15) is 91.2 Å². The van der Waals surface area contributed by atoms with Gasteiger partial charge in [0.05, 0.1) is 13.2 Å². The monoisotopic (exact) mass is 928 g/mol. The van der Waals surface area contributed by atoms with Gasteiger partial charge in [0.15, 0.2) is 5.78 Å². The zero-order valence-corrected chi connectivity index (χ0v) is 40.9. The van der Waals surface area contributed by atoms with Gasteiger partial charge in [-0.1, -0.05) is 112 Å². The topological polar surface area (TPSA) is 152 Å². The van der Waals surface area contributed by atoms with Gasteiger partial charge in [0.2, 0.25) is 23.6 Å². The fourth-order valence-corrected chi connectivity index (χ4v) is 13.9. The number of ether oxygens (including phenoxy) is 2. The number of carbonyl (C=O) groups excluding carboxylic acids is 5. The highest BCUT2D eigenvalue weighted by molar-refractivity contribution is 6.99. The lowest BCUT2D eigenvalue weighted by Crippen LogP contribution is -2.68. The molecule has 0 saturated carbocycles. The fourth-order valence-electron chi connectivity index (χ4n) is 9.20. The molecule has 2 heterocycles. The molecule has 0 aromatic heterocycles. The van der Waals surface area contributed by atoms with Crippen LogP contribution >= 0.6 is 0 Å². The minimum Gasteiger partial charge on any atom is -0.494 e. The molecule has 4 aromatic carbocycles. The Hall–Kier alpha value is -6.05. The predicted molar refractivity (Wildman–Crippen MR) is 264 cm³/mol. The van der Waals surface area contributed by atoms with E-state index in [0.29, 0.717) is 56.9 Å². The van der Waals surface area contributed by atoms with E-state index in [0.717, 1.165) is 27.9 Å². The number of ketones is 1. The highest BCUT2D eigenvalue weighted by atomic mass is 28.4. The summed E-state index contributed by atoms with van der Waals surface area (Å²) in [7, 11) is -2.98. The van der Waals surface area contributed by atoms with Crippen molar-refractivity contribution in [1.82, 2.24) is 20.9 Å². The van der Waals surface area contributed by atoms with E-state index in [1.54, 1.807) is 24.0 Å². The minimum absolute atomic E-state index is 0.125. The van der Waals surface area contributed by atoms with Gasteiger partial charge in [-0.25, -0.2) is 0 Å². The molecule has 13 heteroatoms. The Kier molecular flexibility index (Phi) is 17.7. The molecule has 12 nitrogen and oxygen atoms in total. The van der Waals surface area contributed by atoms with E-state index < -0.39 is 56.3 Å². The number of benzene rings is 4. The average molecular weight is 929 g/mol. The van der Waals surface area contributed by atoms with Crippen molar-refractivity contribution in [2.24, 2.45) is 0 Å². The molecule has 2 aliphatic rings. The van der Waals surface area contributed by atoms with Crippen LogP contribution in [0.3, 0.4) is 0 Å². The zero-order chi connectivity index (χ0) is 48.0. The number of unbranched alkanes of at least 4 members (excludes halogenated alkanes) is 1. The minimum atomic E-state index is -2.98. The molecule has 0 unspecified atom stereocenters. The second-order valence-electron chi connectivity index (χ2n) is 18.4. The van der Waals surface area contributed by atoms with Gasteiger partial charge in [-0.3, -0.25) is 24.0 Å². The molecule has 0 bridgehead atoms. The first-order valence-electron chi connectivity index (χ1n) is 23.9. The first kappa shape index (κ1) is 50.4. The van der Waals surface area contributed by atoms with E-state index in [1.165, 1.54) is 0 Å². The first-order chi connectivity index (χ1) is 32.2. The van der Waals surface area contributed by atoms with Gasteiger partial charge >= 0.3 is 0 Å². The summed E-state index contributed by atoms with van der Waals surface area (Å²) in [4.78, 5) is 72.9. The predicted octanol–water partition coefficient (Wildman–Crippen LogP) is 6.38. The van der Waals surface area contributed by atoms with E-state index in [9.17, 15) is 24.0 Å². The molecule has 2 fully saturated rings. The lowest BCUT2D eigenvalue weighted by molar-refractivity contribution is -0.146. The number of carbonyl (C=O) groups is 5. The third kappa shape index (κ3) is 12.9. The van der Waals surface area contributed by atoms with Gasteiger partial charge < -0.3 is 34.8 Å². The molecule has 6 rings (SSSR count). The van der Waals surface area contributed by atoms with Crippen LogP contribution < -0.4 is 35.8 Å². The molecule has 2 saturated heterocycles. The van der Waals surface area contributed by atoms with E-state index >= 15 is 0 Å². The molecule has 356 valence electrons. The fraction of sp³-hybridized carbons (Fsp3) is 0.426. The summed E-state index contributed by atoms with van der Waals surface area (Å²) in [5.74, 6) is -0.593. The summed E-state index contributed by atoms with van der Waals surface area (Å²) < 4.78 is 18.3. The van der Waals surface area contributed by atoms with E-state index in [2.05, 4.69) is 61.0 Å². The lowest BCUT2D eigenvalue weighted by atomic mass is 9.96. The maximum Gasteiger partial charge on any atom is 0.262 e. The number of nitrogens with one attached hydrogen (secondary N) is 3. The highest BCUT2D eigenvalue weighted by Crippen LogP contribution is 2.37. The van der Waals surface area contributed by atoms with E-state index in [-0.39, 0.29) is 36.0 Å². The number of rotatable bonds is 18. The van der Waals surface area contributed by atoms with Crippen LogP contribution in [-0.4, -0.2) is 92.7 Å².